The summed E-state index contributed by atoms with van der Waals surface area (Å²) in [5.41, 5.74) is 3.50. The predicted molar refractivity (Wildman–Crippen MR) is 107 cm³/mol. The molecule has 2 aliphatic carbocycles. The third kappa shape index (κ3) is 2.58. The normalized spacial score (nSPS) is 22.8. The lowest BCUT2D eigenvalue weighted by Gasteiger charge is -2.26. The number of nitrogens with zero attached hydrogens (tertiary/aromatic N) is 2. The Balaban J connectivity index is 1.43. The van der Waals surface area contributed by atoms with E-state index in [2.05, 4.69) is 39.6 Å². The summed E-state index contributed by atoms with van der Waals surface area (Å²) >= 11 is 0. The quantitative estimate of drug-likeness (QED) is 0.536. The molecule has 1 aromatic heterocycles. The van der Waals surface area contributed by atoms with Crippen molar-refractivity contribution < 1.29 is 4.92 Å². The van der Waals surface area contributed by atoms with E-state index in [4.69, 9.17) is 0 Å². The van der Waals surface area contributed by atoms with Crippen molar-refractivity contribution in [2.75, 3.05) is 11.9 Å². The van der Waals surface area contributed by atoms with E-state index in [0.29, 0.717) is 23.7 Å². The molecule has 3 aromatic rings. The predicted octanol–water partition coefficient (Wildman–Crippen LogP) is 3.54. The number of aryl methyl sites for hydroxylation is 1. The molecule has 0 amide bonds. The Bertz CT molecular complexity index is 1160. The van der Waals surface area contributed by atoms with Crippen LogP contribution in [0, 0.1) is 16.0 Å². The molecule has 2 unspecified atom stereocenters. The molecule has 2 N–H and O–H groups in total. The molecule has 0 bridgehead atoms. The summed E-state index contributed by atoms with van der Waals surface area (Å²) in [7, 11) is 0. The summed E-state index contributed by atoms with van der Waals surface area (Å²) in [6.07, 6.45) is 5.92. The SMILES string of the molecule is O=c1[nH]cnc2cc(NCC3CC34CCCc3ccccc34)c([N+](=O)[O-])cc12. The number of rotatable bonds is 4. The Morgan fingerprint density at radius 1 is 1.32 bits per heavy atom. The molecular weight excluding hydrogens is 356 g/mol. The van der Waals surface area contributed by atoms with Crippen LogP contribution in [0.5, 0.6) is 0 Å². The number of aromatic amines is 1. The van der Waals surface area contributed by atoms with Gasteiger partial charge in [-0.1, -0.05) is 24.3 Å². The van der Waals surface area contributed by atoms with Gasteiger partial charge in [-0.3, -0.25) is 14.9 Å². The average molecular weight is 376 g/mol. The molecule has 1 spiro atoms. The van der Waals surface area contributed by atoms with Crippen LogP contribution in [0.2, 0.25) is 0 Å². The number of aromatic nitrogens is 2. The number of anilines is 1. The van der Waals surface area contributed by atoms with Gasteiger partial charge in [-0.2, -0.15) is 0 Å². The molecule has 7 heteroatoms. The number of nitro groups is 1. The number of H-pyrrole nitrogens is 1. The summed E-state index contributed by atoms with van der Waals surface area (Å²) in [5, 5.41) is 15.0. The molecule has 7 nitrogen and oxygen atoms in total. The van der Waals surface area contributed by atoms with Gasteiger partial charge in [-0.15, -0.1) is 0 Å². The third-order valence-corrected chi connectivity index (χ3v) is 6.35. The van der Waals surface area contributed by atoms with Crippen LogP contribution in [0.4, 0.5) is 11.4 Å². The highest BCUT2D eigenvalue weighted by Crippen LogP contribution is 2.60. The number of hydrogen-bond acceptors (Lipinski definition) is 5. The van der Waals surface area contributed by atoms with Gasteiger partial charge in [0.2, 0.25) is 0 Å². The first-order valence-corrected chi connectivity index (χ1v) is 9.56. The van der Waals surface area contributed by atoms with Gasteiger partial charge in [0.15, 0.2) is 0 Å². The van der Waals surface area contributed by atoms with Gasteiger partial charge < -0.3 is 10.3 Å². The fraction of sp³-hybridized carbons (Fsp3) is 0.333. The Morgan fingerprint density at radius 3 is 3.04 bits per heavy atom. The van der Waals surface area contributed by atoms with E-state index in [-0.39, 0.29) is 22.0 Å². The molecule has 1 saturated carbocycles. The highest BCUT2D eigenvalue weighted by Gasteiger charge is 2.56. The van der Waals surface area contributed by atoms with E-state index >= 15 is 0 Å². The summed E-state index contributed by atoms with van der Waals surface area (Å²) < 4.78 is 0. The van der Waals surface area contributed by atoms with Gasteiger partial charge in [-0.25, -0.2) is 4.98 Å². The lowest BCUT2D eigenvalue weighted by atomic mass is 9.78. The number of hydrogen-bond donors (Lipinski definition) is 2. The second kappa shape index (κ2) is 6.15. The van der Waals surface area contributed by atoms with Crippen LogP contribution in [-0.2, 0) is 11.8 Å². The summed E-state index contributed by atoms with van der Waals surface area (Å²) in [5.74, 6) is 0.455. The second-order valence-electron chi connectivity index (χ2n) is 7.82. The van der Waals surface area contributed by atoms with Crippen molar-refractivity contribution in [3.05, 3.63) is 74.3 Å². The van der Waals surface area contributed by atoms with Crippen LogP contribution in [0.25, 0.3) is 10.9 Å². The first-order chi connectivity index (χ1) is 13.6. The van der Waals surface area contributed by atoms with Gasteiger partial charge in [0, 0.05) is 18.0 Å². The van der Waals surface area contributed by atoms with Gasteiger partial charge >= 0.3 is 0 Å². The minimum absolute atomic E-state index is 0.0928. The molecule has 28 heavy (non-hydrogen) atoms. The average Bonchev–Trinajstić information content (AvgIpc) is 3.39. The van der Waals surface area contributed by atoms with Crippen LogP contribution in [0.3, 0.4) is 0 Å². The van der Waals surface area contributed by atoms with Gasteiger partial charge in [0.05, 0.1) is 22.2 Å². The Kier molecular flexibility index (Phi) is 3.72. The molecule has 0 saturated heterocycles. The fourth-order valence-electron chi connectivity index (χ4n) is 4.87. The first kappa shape index (κ1) is 16.9. The zero-order chi connectivity index (χ0) is 19.3. The maximum atomic E-state index is 11.9. The van der Waals surface area contributed by atoms with Crippen molar-refractivity contribution in [1.82, 2.24) is 9.97 Å². The van der Waals surface area contributed by atoms with Crippen molar-refractivity contribution >= 4 is 22.3 Å². The van der Waals surface area contributed by atoms with Crippen molar-refractivity contribution in [2.45, 2.75) is 31.1 Å². The van der Waals surface area contributed by atoms with Gasteiger partial charge in [0.25, 0.3) is 11.2 Å². The highest BCUT2D eigenvalue weighted by atomic mass is 16.6. The lowest BCUT2D eigenvalue weighted by molar-refractivity contribution is -0.383. The maximum absolute atomic E-state index is 11.9. The molecule has 142 valence electrons. The van der Waals surface area contributed by atoms with Crippen LogP contribution in [0.15, 0.2) is 47.5 Å². The summed E-state index contributed by atoms with van der Waals surface area (Å²) in [6, 6.07) is 11.6. The standard InChI is InChI=1S/C21H20N4O3/c26-20-15-8-19(25(27)28)18(9-17(15)23-12-24-20)22-11-14-10-21(14)7-3-5-13-4-1-2-6-16(13)21/h1-2,4,6,8-9,12,14,22H,3,5,7,10-11H2,(H,23,24,26). The van der Waals surface area contributed by atoms with Crippen molar-refractivity contribution in [1.29, 1.82) is 0 Å². The minimum Gasteiger partial charge on any atom is -0.379 e. The molecule has 2 atom stereocenters. The van der Waals surface area contributed by atoms with Crippen LogP contribution in [0.1, 0.15) is 30.4 Å². The van der Waals surface area contributed by atoms with Crippen molar-refractivity contribution in [3.63, 3.8) is 0 Å². The smallest absolute Gasteiger partial charge is 0.293 e. The summed E-state index contributed by atoms with van der Waals surface area (Å²) in [4.78, 5) is 29.6. The van der Waals surface area contributed by atoms with Crippen LogP contribution >= 0.6 is 0 Å². The molecule has 5 rings (SSSR count). The van der Waals surface area contributed by atoms with Crippen LogP contribution in [-0.4, -0.2) is 21.4 Å². The van der Waals surface area contributed by atoms with E-state index in [0.717, 1.165) is 12.8 Å². The van der Waals surface area contributed by atoms with Crippen molar-refractivity contribution in [3.8, 4) is 0 Å². The Labute approximate surface area is 161 Å². The van der Waals surface area contributed by atoms with E-state index in [1.165, 1.54) is 36.4 Å². The number of nitrogens with one attached hydrogen (secondary N) is 2. The highest BCUT2D eigenvalue weighted by molar-refractivity contribution is 5.86. The maximum Gasteiger partial charge on any atom is 0.293 e. The first-order valence-electron chi connectivity index (χ1n) is 9.56. The molecule has 2 aliphatic rings. The number of benzene rings is 2. The topological polar surface area (TPSA) is 101 Å². The fourth-order valence-corrected chi connectivity index (χ4v) is 4.87. The van der Waals surface area contributed by atoms with Crippen molar-refractivity contribution in [2.24, 2.45) is 5.92 Å². The third-order valence-electron chi connectivity index (χ3n) is 6.35. The number of fused-ring (bicyclic) bond motifs is 3. The van der Waals surface area contributed by atoms with E-state index < -0.39 is 4.92 Å². The van der Waals surface area contributed by atoms with E-state index in [1.807, 2.05) is 0 Å². The van der Waals surface area contributed by atoms with E-state index in [1.54, 1.807) is 6.07 Å². The monoisotopic (exact) mass is 376 g/mol. The van der Waals surface area contributed by atoms with E-state index in [9.17, 15) is 14.9 Å². The molecule has 1 heterocycles. The zero-order valence-corrected chi connectivity index (χ0v) is 15.3. The molecular formula is C21H20N4O3. The molecule has 0 radical (unpaired) electrons. The lowest BCUT2D eigenvalue weighted by Crippen LogP contribution is -2.21. The Morgan fingerprint density at radius 2 is 2.18 bits per heavy atom. The second-order valence-corrected chi connectivity index (χ2v) is 7.82. The van der Waals surface area contributed by atoms with Gasteiger partial charge in [0.1, 0.15) is 5.69 Å². The van der Waals surface area contributed by atoms with Gasteiger partial charge in [-0.05, 0) is 48.8 Å². The minimum atomic E-state index is -0.452. The molecule has 1 fully saturated rings. The molecule has 2 aromatic carbocycles. The molecule has 0 aliphatic heterocycles. The van der Waals surface area contributed by atoms with Crippen LogP contribution < -0.4 is 10.9 Å². The Hall–Kier alpha value is -3.22. The zero-order valence-electron chi connectivity index (χ0n) is 15.3. The number of nitro benzene ring substituents is 1. The largest absolute Gasteiger partial charge is 0.379 e. The summed E-state index contributed by atoms with van der Waals surface area (Å²) in [6.45, 7) is 0.671.